The van der Waals surface area contributed by atoms with Gasteiger partial charge in [0.25, 0.3) is 0 Å². The molecule has 0 bridgehead atoms. The smallest absolute Gasteiger partial charge is 0.0316 e. The second-order valence-corrected chi connectivity index (χ2v) is 6.64. The molecule has 2 aromatic carbocycles. The summed E-state index contributed by atoms with van der Waals surface area (Å²) in [4.78, 5) is 0. The zero-order valence-electron chi connectivity index (χ0n) is 13.7. The summed E-state index contributed by atoms with van der Waals surface area (Å²) >= 11 is 0. The molecule has 0 aliphatic heterocycles. The van der Waals surface area contributed by atoms with E-state index in [1.807, 2.05) is 6.07 Å². The molecular formula is C21H26N2. The molecule has 1 aliphatic carbocycles. The summed E-state index contributed by atoms with van der Waals surface area (Å²) in [5.41, 5.74) is 11.2. The summed E-state index contributed by atoms with van der Waals surface area (Å²) in [6.45, 7) is 4.90. The molecule has 3 rings (SSSR count). The molecule has 23 heavy (non-hydrogen) atoms. The van der Waals surface area contributed by atoms with Gasteiger partial charge in [-0.3, -0.25) is 0 Å². The number of benzene rings is 2. The van der Waals surface area contributed by atoms with Gasteiger partial charge in [0.2, 0.25) is 0 Å². The van der Waals surface area contributed by atoms with Crippen LogP contribution in [0.4, 0.5) is 5.69 Å². The van der Waals surface area contributed by atoms with Crippen molar-refractivity contribution < 1.29 is 0 Å². The van der Waals surface area contributed by atoms with Gasteiger partial charge in [-0.05, 0) is 60.9 Å². The molecular weight excluding hydrogens is 280 g/mol. The Kier molecular flexibility index (Phi) is 4.82. The van der Waals surface area contributed by atoms with E-state index in [-0.39, 0.29) is 5.54 Å². The molecule has 3 N–H and O–H groups in total. The number of aryl methyl sites for hydroxylation is 2. The monoisotopic (exact) mass is 306 g/mol. The third-order valence-corrected chi connectivity index (χ3v) is 5.02. The van der Waals surface area contributed by atoms with Gasteiger partial charge in [-0.15, -0.1) is 6.58 Å². The molecule has 0 radical (unpaired) electrons. The van der Waals surface area contributed by atoms with Gasteiger partial charge in [0.15, 0.2) is 0 Å². The number of anilines is 1. The molecule has 0 saturated carbocycles. The van der Waals surface area contributed by atoms with Gasteiger partial charge >= 0.3 is 0 Å². The predicted octanol–water partition coefficient (Wildman–Crippen LogP) is 4.25. The van der Waals surface area contributed by atoms with Crippen molar-refractivity contribution in [3.63, 3.8) is 0 Å². The molecule has 2 nitrogen and oxygen atoms in total. The summed E-state index contributed by atoms with van der Waals surface area (Å²) < 4.78 is 0. The van der Waals surface area contributed by atoms with Crippen LogP contribution in [0.25, 0.3) is 0 Å². The van der Waals surface area contributed by atoms with E-state index in [4.69, 9.17) is 5.73 Å². The summed E-state index contributed by atoms with van der Waals surface area (Å²) in [6.07, 6.45) is 7.51. The van der Waals surface area contributed by atoms with Crippen LogP contribution in [0.2, 0.25) is 0 Å². The first-order valence-electron chi connectivity index (χ1n) is 8.48. The standard InChI is InChI=1S/C21H26N2/c1-2-12-21(23-16-17-6-4-3-5-7-17)13-10-18-8-9-20(22)15-19(18)11-14-21/h2-9,15,23H,1,10-14,16,22H2. The highest BCUT2D eigenvalue weighted by atomic mass is 15.0. The molecule has 0 amide bonds. The number of hydrogen-bond acceptors (Lipinski definition) is 2. The topological polar surface area (TPSA) is 38.0 Å². The van der Waals surface area contributed by atoms with Crippen molar-refractivity contribution in [2.24, 2.45) is 0 Å². The molecule has 0 aromatic heterocycles. The number of nitrogen functional groups attached to an aromatic ring is 1. The number of rotatable bonds is 5. The van der Waals surface area contributed by atoms with Gasteiger partial charge in [0, 0.05) is 17.8 Å². The molecule has 2 heteroatoms. The Morgan fingerprint density at radius 1 is 1.04 bits per heavy atom. The van der Waals surface area contributed by atoms with Crippen LogP contribution in [0, 0.1) is 0 Å². The lowest BCUT2D eigenvalue weighted by atomic mass is 9.86. The van der Waals surface area contributed by atoms with Crippen molar-refractivity contribution in [2.75, 3.05) is 5.73 Å². The Balaban J connectivity index is 1.75. The van der Waals surface area contributed by atoms with Crippen LogP contribution in [-0.2, 0) is 19.4 Å². The van der Waals surface area contributed by atoms with Gasteiger partial charge in [0.05, 0.1) is 0 Å². The maximum absolute atomic E-state index is 5.96. The molecule has 0 heterocycles. The molecule has 1 atom stereocenters. The molecule has 2 aromatic rings. The number of nitrogens with one attached hydrogen (secondary N) is 1. The first-order valence-corrected chi connectivity index (χ1v) is 8.48. The highest BCUT2D eigenvalue weighted by molar-refractivity contribution is 5.45. The van der Waals surface area contributed by atoms with E-state index in [0.29, 0.717) is 0 Å². The van der Waals surface area contributed by atoms with Crippen molar-refractivity contribution in [3.8, 4) is 0 Å². The van der Waals surface area contributed by atoms with E-state index < -0.39 is 0 Å². The quantitative estimate of drug-likeness (QED) is 0.492. The molecule has 1 unspecified atom stereocenters. The van der Waals surface area contributed by atoms with E-state index in [9.17, 15) is 0 Å². The average molecular weight is 306 g/mol. The van der Waals surface area contributed by atoms with E-state index in [1.54, 1.807) is 0 Å². The summed E-state index contributed by atoms with van der Waals surface area (Å²) in [5, 5.41) is 3.84. The van der Waals surface area contributed by atoms with Gasteiger partial charge < -0.3 is 11.1 Å². The van der Waals surface area contributed by atoms with Crippen LogP contribution in [0.15, 0.2) is 61.2 Å². The minimum Gasteiger partial charge on any atom is -0.399 e. The minimum atomic E-state index is 0.130. The molecule has 120 valence electrons. The van der Waals surface area contributed by atoms with Crippen LogP contribution in [0.1, 0.15) is 36.0 Å². The third-order valence-electron chi connectivity index (χ3n) is 5.02. The maximum Gasteiger partial charge on any atom is 0.0316 e. The average Bonchev–Trinajstić information content (AvgIpc) is 2.75. The largest absolute Gasteiger partial charge is 0.399 e. The van der Waals surface area contributed by atoms with Crippen molar-refractivity contribution in [2.45, 2.75) is 44.2 Å². The Morgan fingerprint density at radius 2 is 1.78 bits per heavy atom. The van der Waals surface area contributed by atoms with E-state index in [1.165, 1.54) is 16.7 Å². The minimum absolute atomic E-state index is 0.130. The van der Waals surface area contributed by atoms with Gasteiger partial charge in [-0.2, -0.15) is 0 Å². The lowest BCUT2D eigenvalue weighted by Gasteiger charge is -2.33. The highest BCUT2D eigenvalue weighted by Gasteiger charge is 2.30. The molecule has 0 spiro atoms. The lowest BCUT2D eigenvalue weighted by molar-refractivity contribution is 0.286. The fourth-order valence-corrected chi connectivity index (χ4v) is 3.61. The van der Waals surface area contributed by atoms with Gasteiger partial charge in [-0.25, -0.2) is 0 Å². The van der Waals surface area contributed by atoms with Crippen LogP contribution >= 0.6 is 0 Å². The van der Waals surface area contributed by atoms with Gasteiger partial charge in [0.1, 0.15) is 0 Å². The maximum atomic E-state index is 5.96. The second kappa shape index (κ2) is 7.01. The van der Waals surface area contributed by atoms with E-state index in [0.717, 1.165) is 44.3 Å². The molecule has 0 saturated heterocycles. The van der Waals surface area contributed by atoms with Crippen molar-refractivity contribution >= 4 is 5.69 Å². The Bertz CT molecular complexity index is 663. The van der Waals surface area contributed by atoms with E-state index in [2.05, 4.69) is 60.4 Å². The number of hydrogen-bond donors (Lipinski definition) is 2. The fraction of sp³-hybridized carbons (Fsp3) is 0.333. The Hall–Kier alpha value is -2.06. The normalized spacial score (nSPS) is 20.5. The van der Waals surface area contributed by atoms with Crippen LogP contribution < -0.4 is 11.1 Å². The second-order valence-electron chi connectivity index (χ2n) is 6.64. The Labute approximate surface area is 139 Å². The zero-order valence-corrected chi connectivity index (χ0v) is 13.7. The number of nitrogens with two attached hydrogens (primary N) is 1. The first-order chi connectivity index (χ1) is 11.2. The summed E-state index contributed by atoms with van der Waals surface area (Å²) in [7, 11) is 0. The molecule has 1 aliphatic rings. The van der Waals surface area contributed by atoms with Crippen LogP contribution in [-0.4, -0.2) is 5.54 Å². The zero-order chi connectivity index (χ0) is 16.1. The van der Waals surface area contributed by atoms with Gasteiger partial charge in [-0.1, -0.05) is 42.5 Å². The van der Waals surface area contributed by atoms with Crippen LogP contribution in [0.3, 0.4) is 0 Å². The highest BCUT2D eigenvalue weighted by Crippen LogP contribution is 2.31. The SMILES string of the molecule is C=CCC1(NCc2ccccc2)CCc2ccc(N)cc2CC1. The van der Waals surface area contributed by atoms with Crippen molar-refractivity contribution in [1.29, 1.82) is 0 Å². The Morgan fingerprint density at radius 3 is 2.52 bits per heavy atom. The third kappa shape index (κ3) is 3.83. The van der Waals surface area contributed by atoms with E-state index >= 15 is 0 Å². The van der Waals surface area contributed by atoms with Crippen LogP contribution in [0.5, 0.6) is 0 Å². The summed E-state index contributed by atoms with van der Waals surface area (Å²) in [6, 6.07) is 17.0. The molecule has 0 fully saturated rings. The first kappa shape index (κ1) is 15.8. The van der Waals surface area contributed by atoms with Crippen molar-refractivity contribution in [3.05, 3.63) is 77.9 Å². The fourth-order valence-electron chi connectivity index (χ4n) is 3.61. The summed E-state index contributed by atoms with van der Waals surface area (Å²) in [5.74, 6) is 0. The van der Waals surface area contributed by atoms with Crippen molar-refractivity contribution in [1.82, 2.24) is 5.32 Å². The predicted molar refractivity (Wildman–Crippen MR) is 98.3 cm³/mol. The lowest BCUT2D eigenvalue weighted by Crippen LogP contribution is -2.44. The number of fused-ring (bicyclic) bond motifs is 1.